The first-order valence-electron chi connectivity index (χ1n) is 9.08. The summed E-state index contributed by atoms with van der Waals surface area (Å²) in [5, 5.41) is 13.1. The number of nitrogens with one attached hydrogen (secondary N) is 1. The maximum Gasteiger partial charge on any atom is 0.326 e. The van der Waals surface area contributed by atoms with E-state index in [4.69, 9.17) is 4.74 Å². The molecule has 3 amide bonds. The number of non-ortho nitro benzene ring substituents is 1. The fraction of sp³-hybridized carbons (Fsp3) is 0.368. The van der Waals surface area contributed by atoms with Gasteiger partial charge in [0.2, 0.25) is 11.8 Å². The second kappa shape index (κ2) is 7.12. The van der Waals surface area contributed by atoms with E-state index in [1.165, 1.54) is 24.3 Å². The maximum absolute atomic E-state index is 12.5. The van der Waals surface area contributed by atoms with Crippen molar-refractivity contribution in [2.24, 2.45) is 23.7 Å². The highest BCUT2D eigenvalue weighted by molar-refractivity contribution is 6.08. The van der Waals surface area contributed by atoms with Gasteiger partial charge in [0.05, 0.1) is 16.8 Å². The van der Waals surface area contributed by atoms with Crippen LogP contribution in [0.2, 0.25) is 0 Å². The average Bonchev–Trinajstić information content (AvgIpc) is 3.37. The zero-order valence-corrected chi connectivity index (χ0v) is 15.1. The fourth-order valence-corrected chi connectivity index (χ4v) is 4.33. The van der Waals surface area contributed by atoms with Gasteiger partial charge in [-0.05, 0) is 24.3 Å². The Bertz CT molecular complexity index is 927. The molecule has 2 aliphatic carbocycles. The Morgan fingerprint density at radius 2 is 1.83 bits per heavy atom. The molecule has 2 fully saturated rings. The van der Waals surface area contributed by atoms with Crippen LogP contribution < -0.4 is 5.32 Å². The number of carbonyl (C=O) groups is 4. The van der Waals surface area contributed by atoms with Crippen molar-refractivity contribution in [1.82, 2.24) is 4.90 Å². The fourth-order valence-electron chi connectivity index (χ4n) is 4.33. The molecule has 0 aromatic heterocycles. The van der Waals surface area contributed by atoms with Crippen molar-refractivity contribution in [1.29, 1.82) is 0 Å². The molecule has 3 aliphatic rings. The number of rotatable bonds is 6. The van der Waals surface area contributed by atoms with Crippen LogP contribution in [-0.4, -0.2) is 46.7 Å². The third-order valence-electron chi connectivity index (χ3n) is 5.55. The van der Waals surface area contributed by atoms with Gasteiger partial charge in [-0.15, -0.1) is 0 Å². The summed E-state index contributed by atoms with van der Waals surface area (Å²) in [4.78, 5) is 60.0. The van der Waals surface area contributed by atoms with Crippen LogP contribution >= 0.6 is 0 Å². The summed E-state index contributed by atoms with van der Waals surface area (Å²) >= 11 is 0. The predicted octanol–water partition coefficient (Wildman–Crippen LogP) is 0.884. The van der Waals surface area contributed by atoms with Gasteiger partial charge in [0.1, 0.15) is 6.54 Å². The normalized spacial score (nSPS) is 26.6. The number of hydrogen-bond donors (Lipinski definition) is 1. The number of ether oxygens (including phenoxy) is 1. The molecule has 10 nitrogen and oxygen atoms in total. The van der Waals surface area contributed by atoms with Crippen LogP contribution in [0.1, 0.15) is 6.42 Å². The molecule has 29 heavy (non-hydrogen) atoms. The van der Waals surface area contributed by atoms with Crippen molar-refractivity contribution < 1.29 is 28.8 Å². The summed E-state index contributed by atoms with van der Waals surface area (Å²) in [5.41, 5.74) is -0.0131. The summed E-state index contributed by atoms with van der Waals surface area (Å²) in [5.74, 6) is -3.01. The molecule has 1 aliphatic heterocycles. The first kappa shape index (κ1) is 18.8. The minimum absolute atomic E-state index is 0.0446. The Morgan fingerprint density at radius 1 is 1.17 bits per heavy atom. The molecule has 0 unspecified atom stereocenters. The lowest BCUT2D eigenvalue weighted by atomic mass is 9.85. The number of benzene rings is 1. The highest BCUT2D eigenvalue weighted by Gasteiger charge is 2.59. The molecule has 1 aromatic carbocycles. The number of nitro benzene ring substituents is 1. The zero-order chi connectivity index (χ0) is 20.7. The number of nitrogens with zero attached hydrogens (tertiary/aromatic N) is 2. The van der Waals surface area contributed by atoms with Crippen LogP contribution in [0.25, 0.3) is 0 Å². The quantitative estimate of drug-likeness (QED) is 0.247. The number of allylic oxidation sites excluding steroid dienone is 2. The molecule has 2 bridgehead atoms. The standard InChI is InChI=1S/C19H17N3O7/c23-14(20-12-2-1-3-13(7-12)22(27)28)9-29-15(24)8-21-18(25)16-10-4-5-11(6-10)17(16)19(21)26/h1-5,7,10-11,16-17H,6,8-9H2,(H,20,23)/t10-,11+,16-,17+. The first-order valence-corrected chi connectivity index (χ1v) is 9.08. The van der Waals surface area contributed by atoms with E-state index in [1.54, 1.807) is 0 Å². The lowest BCUT2D eigenvalue weighted by molar-refractivity contribution is -0.384. The Kier molecular flexibility index (Phi) is 4.61. The van der Waals surface area contributed by atoms with Gasteiger partial charge in [-0.3, -0.25) is 34.2 Å². The Labute approximate surface area is 164 Å². The SMILES string of the molecule is O=C(COC(=O)CN1C(=O)[C@@H]2[C@H](C1=O)[C@@H]1C=C[C@H]2C1)Nc1cccc([N+](=O)[O-])c1. The second-order valence-corrected chi connectivity index (χ2v) is 7.28. The monoisotopic (exact) mass is 399 g/mol. The summed E-state index contributed by atoms with van der Waals surface area (Å²) in [6.07, 6.45) is 4.71. The third-order valence-corrected chi connectivity index (χ3v) is 5.55. The van der Waals surface area contributed by atoms with Gasteiger partial charge < -0.3 is 10.1 Å². The molecular weight excluding hydrogens is 382 g/mol. The zero-order valence-electron chi connectivity index (χ0n) is 15.1. The van der Waals surface area contributed by atoms with Gasteiger partial charge in [0, 0.05) is 17.8 Å². The third kappa shape index (κ3) is 3.37. The van der Waals surface area contributed by atoms with E-state index < -0.39 is 41.8 Å². The van der Waals surface area contributed by atoms with Crippen molar-refractivity contribution in [3.05, 3.63) is 46.5 Å². The number of hydrogen-bond acceptors (Lipinski definition) is 7. The van der Waals surface area contributed by atoms with Gasteiger partial charge in [-0.25, -0.2) is 0 Å². The molecule has 0 radical (unpaired) electrons. The molecule has 4 rings (SSSR count). The van der Waals surface area contributed by atoms with Gasteiger partial charge in [-0.2, -0.15) is 0 Å². The molecular formula is C19H17N3O7. The smallest absolute Gasteiger partial charge is 0.326 e. The number of amides is 3. The Balaban J connectivity index is 1.29. The van der Waals surface area contributed by atoms with E-state index in [0.717, 1.165) is 11.3 Å². The van der Waals surface area contributed by atoms with E-state index in [-0.39, 0.29) is 35.0 Å². The highest BCUT2D eigenvalue weighted by atomic mass is 16.6. The maximum atomic E-state index is 12.5. The van der Waals surface area contributed by atoms with E-state index in [0.29, 0.717) is 0 Å². The molecule has 1 N–H and O–H groups in total. The van der Waals surface area contributed by atoms with Crippen LogP contribution in [-0.2, 0) is 23.9 Å². The van der Waals surface area contributed by atoms with Crippen molar-refractivity contribution >= 4 is 35.1 Å². The van der Waals surface area contributed by atoms with E-state index >= 15 is 0 Å². The summed E-state index contributed by atoms with van der Waals surface area (Å²) < 4.78 is 4.86. The molecule has 1 heterocycles. The summed E-state index contributed by atoms with van der Waals surface area (Å²) in [7, 11) is 0. The summed E-state index contributed by atoms with van der Waals surface area (Å²) in [6.45, 7) is -1.17. The van der Waals surface area contributed by atoms with Crippen LogP contribution in [0, 0.1) is 33.8 Å². The lowest BCUT2D eigenvalue weighted by Gasteiger charge is -2.16. The molecule has 150 valence electrons. The van der Waals surface area contributed by atoms with Crippen molar-refractivity contribution in [2.45, 2.75) is 6.42 Å². The van der Waals surface area contributed by atoms with Crippen LogP contribution in [0.5, 0.6) is 0 Å². The van der Waals surface area contributed by atoms with Crippen molar-refractivity contribution in [3.63, 3.8) is 0 Å². The number of likely N-dealkylation sites (tertiary alicyclic amines) is 1. The predicted molar refractivity (Wildman–Crippen MR) is 97.1 cm³/mol. The second-order valence-electron chi connectivity index (χ2n) is 7.28. The number of anilines is 1. The van der Waals surface area contributed by atoms with Gasteiger partial charge >= 0.3 is 5.97 Å². The molecule has 4 atom stereocenters. The largest absolute Gasteiger partial charge is 0.454 e. The van der Waals surface area contributed by atoms with Crippen LogP contribution in [0.3, 0.4) is 0 Å². The van der Waals surface area contributed by atoms with E-state index in [9.17, 15) is 29.3 Å². The number of fused-ring (bicyclic) bond motifs is 5. The van der Waals surface area contributed by atoms with Gasteiger partial charge in [0.25, 0.3) is 11.6 Å². The topological polar surface area (TPSA) is 136 Å². The van der Waals surface area contributed by atoms with Crippen LogP contribution in [0.15, 0.2) is 36.4 Å². The number of imide groups is 1. The van der Waals surface area contributed by atoms with E-state index in [1.807, 2.05) is 12.2 Å². The first-order chi connectivity index (χ1) is 13.8. The molecule has 1 saturated carbocycles. The molecule has 1 aromatic rings. The van der Waals surface area contributed by atoms with Gasteiger partial charge in [-0.1, -0.05) is 18.2 Å². The number of carbonyl (C=O) groups excluding carboxylic acids is 4. The Hall–Kier alpha value is -3.56. The van der Waals surface area contributed by atoms with Crippen molar-refractivity contribution in [2.75, 3.05) is 18.5 Å². The number of nitro groups is 1. The molecule has 0 spiro atoms. The number of esters is 1. The summed E-state index contributed by atoms with van der Waals surface area (Å²) in [6, 6.07) is 5.30. The minimum Gasteiger partial charge on any atom is -0.454 e. The van der Waals surface area contributed by atoms with Gasteiger partial charge in [0.15, 0.2) is 6.61 Å². The minimum atomic E-state index is -0.874. The van der Waals surface area contributed by atoms with E-state index in [2.05, 4.69) is 5.32 Å². The lowest BCUT2D eigenvalue weighted by Crippen LogP contribution is -2.38. The van der Waals surface area contributed by atoms with Crippen molar-refractivity contribution in [3.8, 4) is 0 Å². The Morgan fingerprint density at radius 3 is 2.45 bits per heavy atom. The highest BCUT2D eigenvalue weighted by Crippen LogP contribution is 2.52. The molecule has 1 saturated heterocycles. The van der Waals surface area contributed by atoms with Crippen LogP contribution in [0.4, 0.5) is 11.4 Å². The molecule has 10 heteroatoms. The average molecular weight is 399 g/mol.